The molecule has 112 valence electrons. The Morgan fingerprint density at radius 3 is 2.81 bits per heavy atom. The van der Waals surface area contributed by atoms with Crippen LogP contribution in [0.3, 0.4) is 0 Å². The van der Waals surface area contributed by atoms with Gasteiger partial charge >= 0.3 is 0 Å². The smallest absolute Gasteiger partial charge is 0.261 e. The number of amides is 1. The van der Waals surface area contributed by atoms with Crippen molar-refractivity contribution < 1.29 is 9.53 Å². The fourth-order valence-corrected chi connectivity index (χ4v) is 4.54. The first kappa shape index (κ1) is 14.8. The monoisotopic (exact) mass is 321 g/mol. The van der Waals surface area contributed by atoms with Gasteiger partial charge in [-0.25, -0.2) is 0 Å². The molecule has 2 aromatic heterocycles. The van der Waals surface area contributed by atoms with Gasteiger partial charge in [0, 0.05) is 30.1 Å². The molecule has 1 fully saturated rings. The van der Waals surface area contributed by atoms with Crippen molar-refractivity contribution in [3.63, 3.8) is 0 Å². The number of aryl methyl sites for hydroxylation is 1. The summed E-state index contributed by atoms with van der Waals surface area (Å²) in [5, 5.41) is 7.25. The Labute approximate surface area is 133 Å². The molecule has 0 saturated carbocycles. The zero-order chi connectivity index (χ0) is 14.7. The fraction of sp³-hybridized carbons (Fsp3) is 0.438. The van der Waals surface area contributed by atoms with Crippen LogP contribution in [0.1, 0.15) is 33.0 Å². The lowest BCUT2D eigenvalue weighted by molar-refractivity contribution is 0.0499. The van der Waals surface area contributed by atoms with Crippen molar-refractivity contribution in [3.05, 3.63) is 44.3 Å². The second-order valence-electron chi connectivity index (χ2n) is 5.54. The molecule has 1 aliphatic rings. The number of ether oxygens (including phenoxy) is 1. The normalized spacial score (nSPS) is 17.6. The Morgan fingerprint density at radius 2 is 2.19 bits per heavy atom. The molecule has 5 heteroatoms. The molecule has 0 radical (unpaired) electrons. The van der Waals surface area contributed by atoms with Crippen molar-refractivity contribution >= 4 is 28.6 Å². The second-order valence-corrected chi connectivity index (χ2v) is 7.40. The van der Waals surface area contributed by atoms with Crippen LogP contribution in [0, 0.1) is 6.92 Å². The highest BCUT2D eigenvalue weighted by Crippen LogP contribution is 2.37. The Morgan fingerprint density at radius 1 is 1.38 bits per heavy atom. The fourth-order valence-electron chi connectivity index (χ4n) is 2.74. The molecular weight excluding hydrogens is 302 g/mol. The van der Waals surface area contributed by atoms with Gasteiger partial charge in [0.25, 0.3) is 5.91 Å². The van der Waals surface area contributed by atoms with E-state index in [0.29, 0.717) is 6.54 Å². The quantitative estimate of drug-likeness (QED) is 0.934. The Balaban J connectivity index is 1.72. The highest BCUT2D eigenvalue weighted by atomic mass is 32.1. The van der Waals surface area contributed by atoms with Gasteiger partial charge in [-0.05, 0) is 48.2 Å². The highest BCUT2D eigenvalue weighted by molar-refractivity contribution is 7.12. The Kier molecular flexibility index (Phi) is 4.42. The molecule has 0 aromatic carbocycles. The lowest BCUT2D eigenvalue weighted by atomic mass is 9.78. The molecule has 0 aliphatic carbocycles. The van der Waals surface area contributed by atoms with Crippen molar-refractivity contribution in [2.75, 3.05) is 19.8 Å². The predicted molar refractivity (Wildman–Crippen MR) is 87.4 cm³/mol. The largest absolute Gasteiger partial charge is 0.381 e. The van der Waals surface area contributed by atoms with Gasteiger partial charge in [-0.15, -0.1) is 22.7 Å². The first-order chi connectivity index (χ1) is 10.2. The third-order valence-electron chi connectivity index (χ3n) is 4.04. The van der Waals surface area contributed by atoms with E-state index < -0.39 is 0 Å². The maximum absolute atomic E-state index is 12.3. The SMILES string of the molecule is Cc1csc(C(=O)NCC2(c3cccs3)CCOCC2)c1. The topological polar surface area (TPSA) is 38.3 Å². The minimum Gasteiger partial charge on any atom is -0.381 e. The number of hydrogen-bond donors (Lipinski definition) is 1. The lowest BCUT2D eigenvalue weighted by Crippen LogP contribution is -2.44. The van der Waals surface area contributed by atoms with Gasteiger partial charge in [-0.2, -0.15) is 0 Å². The van der Waals surface area contributed by atoms with E-state index in [1.54, 1.807) is 11.3 Å². The number of carbonyl (C=O) groups is 1. The van der Waals surface area contributed by atoms with Gasteiger partial charge < -0.3 is 10.1 Å². The molecule has 0 spiro atoms. The summed E-state index contributed by atoms with van der Waals surface area (Å²) in [5.41, 5.74) is 1.18. The molecule has 3 rings (SSSR count). The first-order valence-corrected chi connectivity index (χ1v) is 8.91. The highest BCUT2D eigenvalue weighted by Gasteiger charge is 2.35. The number of hydrogen-bond acceptors (Lipinski definition) is 4. The molecule has 0 unspecified atom stereocenters. The van der Waals surface area contributed by atoms with Crippen LogP contribution in [-0.2, 0) is 10.2 Å². The van der Waals surface area contributed by atoms with Crippen molar-refractivity contribution in [1.29, 1.82) is 0 Å². The van der Waals surface area contributed by atoms with Crippen LogP contribution in [0.5, 0.6) is 0 Å². The van der Waals surface area contributed by atoms with Gasteiger partial charge in [-0.3, -0.25) is 4.79 Å². The molecule has 1 aliphatic heterocycles. The van der Waals surface area contributed by atoms with Crippen LogP contribution in [0.4, 0.5) is 0 Å². The zero-order valence-corrected chi connectivity index (χ0v) is 13.7. The maximum atomic E-state index is 12.3. The van der Waals surface area contributed by atoms with Gasteiger partial charge in [0.05, 0.1) is 4.88 Å². The maximum Gasteiger partial charge on any atom is 0.261 e. The number of rotatable bonds is 4. The average Bonchev–Trinajstić information content (AvgIpc) is 3.17. The Hall–Kier alpha value is -1.17. The van der Waals surface area contributed by atoms with Crippen LogP contribution in [0.25, 0.3) is 0 Å². The average molecular weight is 321 g/mol. The molecule has 0 bridgehead atoms. The molecule has 1 N–H and O–H groups in total. The Bertz CT molecular complexity index is 598. The molecule has 2 aromatic rings. The second kappa shape index (κ2) is 6.30. The third kappa shape index (κ3) is 3.20. The van der Waals surface area contributed by atoms with E-state index in [9.17, 15) is 4.79 Å². The van der Waals surface area contributed by atoms with Crippen molar-refractivity contribution in [1.82, 2.24) is 5.32 Å². The van der Waals surface area contributed by atoms with Crippen LogP contribution in [-0.4, -0.2) is 25.7 Å². The third-order valence-corrected chi connectivity index (χ3v) is 6.20. The molecule has 21 heavy (non-hydrogen) atoms. The summed E-state index contributed by atoms with van der Waals surface area (Å²) in [5.74, 6) is 0.0375. The number of thiophene rings is 2. The summed E-state index contributed by atoms with van der Waals surface area (Å²) in [6.07, 6.45) is 1.94. The van der Waals surface area contributed by atoms with Crippen LogP contribution >= 0.6 is 22.7 Å². The van der Waals surface area contributed by atoms with E-state index in [-0.39, 0.29) is 11.3 Å². The van der Waals surface area contributed by atoms with Gasteiger partial charge in [-0.1, -0.05) is 6.07 Å². The van der Waals surface area contributed by atoms with Crippen LogP contribution < -0.4 is 5.32 Å². The molecule has 0 atom stereocenters. The standard InChI is InChI=1S/C16H19NO2S2/c1-12-9-13(21-10-12)15(18)17-11-16(4-6-19-7-5-16)14-3-2-8-20-14/h2-3,8-10H,4-7,11H2,1H3,(H,17,18). The molecule has 1 saturated heterocycles. The van der Waals surface area contributed by atoms with Crippen LogP contribution in [0.15, 0.2) is 29.0 Å². The minimum atomic E-state index is 0.0361. The summed E-state index contributed by atoms with van der Waals surface area (Å²) in [7, 11) is 0. The summed E-state index contributed by atoms with van der Waals surface area (Å²) in [6, 6.07) is 6.21. The van der Waals surface area contributed by atoms with E-state index >= 15 is 0 Å². The summed E-state index contributed by atoms with van der Waals surface area (Å²) < 4.78 is 5.51. The van der Waals surface area contributed by atoms with Crippen molar-refractivity contribution in [2.45, 2.75) is 25.2 Å². The van der Waals surface area contributed by atoms with Gasteiger partial charge in [0.1, 0.15) is 0 Å². The minimum absolute atomic E-state index is 0.0361. The van der Waals surface area contributed by atoms with Gasteiger partial charge in [0.2, 0.25) is 0 Å². The molecular formula is C16H19NO2S2. The van der Waals surface area contributed by atoms with Gasteiger partial charge in [0.15, 0.2) is 0 Å². The molecule has 3 nitrogen and oxygen atoms in total. The first-order valence-electron chi connectivity index (χ1n) is 7.15. The summed E-state index contributed by atoms with van der Waals surface area (Å²) in [4.78, 5) is 14.4. The zero-order valence-electron chi connectivity index (χ0n) is 12.1. The molecule has 1 amide bonds. The summed E-state index contributed by atoms with van der Waals surface area (Å²) >= 11 is 3.28. The predicted octanol–water partition coefficient (Wildman–Crippen LogP) is 3.60. The van der Waals surface area contributed by atoms with E-state index in [1.807, 2.05) is 18.4 Å². The van der Waals surface area contributed by atoms with Crippen molar-refractivity contribution in [3.8, 4) is 0 Å². The number of carbonyl (C=O) groups excluding carboxylic acids is 1. The van der Waals surface area contributed by atoms with E-state index in [2.05, 4.69) is 22.8 Å². The van der Waals surface area contributed by atoms with E-state index in [4.69, 9.17) is 4.74 Å². The lowest BCUT2D eigenvalue weighted by Gasteiger charge is -2.36. The van der Waals surface area contributed by atoms with E-state index in [1.165, 1.54) is 16.2 Å². The van der Waals surface area contributed by atoms with Crippen molar-refractivity contribution in [2.24, 2.45) is 0 Å². The van der Waals surface area contributed by atoms with E-state index in [0.717, 1.165) is 36.5 Å². The van der Waals surface area contributed by atoms with Crippen LogP contribution in [0.2, 0.25) is 0 Å². The number of nitrogens with one attached hydrogen (secondary N) is 1. The summed E-state index contributed by atoms with van der Waals surface area (Å²) in [6.45, 7) is 4.24. The molecule has 3 heterocycles.